The number of amidine groups is 1. The molecule has 0 aliphatic carbocycles. The summed E-state index contributed by atoms with van der Waals surface area (Å²) in [6, 6.07) is 5.63. The Hall–Kier alpha value is -2.41. The lowest BCUT2D eigenvalue weighted by Crippen LogP contribution is -2.30. The number of nitrogens with one attached hydrogen (secondary N) is 3. The monoisotopic (exact) mass is 319 g/mol. The van der Waals surface area contributed by atoms with Crippen molar-refractivity contribution >= 4 is 17.6 Å². The maximum absolute atomic E-state index is 10.9. The molecule has 126 valence electrons. The van der Waals surface area contributed by atoms with E-state index in [0.717, 1.165) is 31.5 Å². The van der Waals surface area contributed by atoms with Gasteiger partial charge in [-0.05, 0) is 37.3 Å². The molecule has 0 unspecified atom stereocenters. The minimum atomic E-state index is -0.348. The summed E-state index contributed by atoms with van der Waals surface area (Å²) in [6.45, 7) is 0.691. The number of hydroxylamine groups is 1. The number of amides is 1. The Morgan fingerprint density at radius 2 is 2.13 bits per heavy atom. The highest BCUT2D eigenvalue weighted by molar-refractivity contribution is 6.02. The van der Waals surface area contributed by atoms with Gasteiger partial charge in [-0.15, -0.1) is 0 Å². The first-order valence-corrected chi connectivity index (χ1v) is 7.73. The lowest BCUT2D eigenvalue weighted by Gasteiger charge is -2.22. The van der Waals surface area contributed by atoms with Gasteiger partial charge in [0, 0.05) is 26.2 Å². The van der Waals surface area contributed by atoms with Crippen LogP contribution in [0.4, 0.5) is 5.82 Å². The SMILES string of the molecule is CN/C=C\C(=N)N(CCCCCCC(=O)NO)c1ccccn1. The van der Waals surface area contributed by atoms with Crippen LogP contribution in [-0.4, -0.2) is 35.5 Å². The van der Waals surface area contributed by atoms with E-state index in [2.05, 4.69) is 10.3 Å². The quantitative estimate of drug-likeness (QED) is 0.174. The number of hydrogen-bond donors (Lipinski definition) is 4. The van der Waals surface area contributed by atoms with E-state index in [0.29, 0.717) is 18.8 Å². The van der Waals surface area contributed by atoms with E-state index < -0.39 is 0 Å². The first-order valence-electron chi connectivity index (χ1n) is 7.73. The molecule has 1 aromatic rings. The van der Waals surface area contributed by atoms with Gasteiger partial charge in [-0.1, -0.05) is 18.9 Å². The van der Waals surface area contributed by atoms with Gasteiger partial charge < -0.3 is 10.2 Å². The smallest absolute Gasteiger partial charge is 0.243 e. The number of aromatic nitrogens is 1. The number of anilines is 1. The van der Waals surface area contributed by atoms with Crippen LogP contribution in [0.25, 0.3) is 0 Å². The first-order chi connectivity index (χ1) is 11.2. The van der Waals surface area contributed by atoms with E-state index in [1.54, 1.807) is 31.0 Å². The van der Waals surface area contributed by atoms with Crippen LogP contribution in [-0.2, 0) is 4.79 Å². The maximum Gasteiger partial charge on any atom is 0.243 e. The third-order valence-electron chi connectivity index (χ3n) is 3.28. The normalized spacial score (nSPS) is 10.5. The fourth-order valence-electron chi connectivity index (χ4n) is 2.09. The van der Waals surface area contributed by atoms with E-state index in [4.69, 9.17) is 10.6 Å². The molecule has 0 aliphatic rings. The molecule has 23 heavy (non-hydrogen) atoms. The van der Waals surface area contributed by atoms with Crippen molar-refractivity contribution < 1.29 is 10.0 Å². The Morgan fingerprint density at radius 1 is 1.35 bits per heavy atom. The Balaban J connectivity index is 2.46. The molecule has 1 rings (SSSR count). The predicted octanol–water partition coefficient (Wildman–Crippen LogP) is 2.05. The van der Waals surface area contributed by atoms with Gasteiger partial charge in [0.05, 0.1) is 0 Å². The topological polar surface area (TPSA) is 101 Å². The zero-order valence-corrected chi connectivity index (χ0v) is 13.5. The summed E-state index contributed by atoms with van der Waals surface area (Å²) < 4.78 is 0. The maximum atomic E-state index is 10.9. The molecular weight excluding hydrogens is 294 g/mol. The van der Waals surface area contributed by atoms with Crippen LogP contribution in [0, 0.1) is 5.41 Å². The number of unbranched alkanes of at least 4 members (excludes halogenated alkanes) is 3. The van der Waals surface area contributed by atoms with Crippen molar-refractivity contribution in [1.82, 2.24) is 15.8 Å². The van der Waals surface area contributed by atoms with Gasteiger partial charge in [-0.2, -0.15) is 0 Å². The minimum Gasteiger partial charge on any atom is -0.394 e. The molecule has 4 N–H and O–H groups in total. The lowest BCUT2D eigenvalue weighted by molar-refractivity contribution is -0.129. The summed E-state index contributed by atoms with van der Waals surface area (Å²) in [5, 5.41) is 19.5. The Labute approximate surface area is 136 Å². The number of carbonyl (C=O) groups is 1. The highest BCUT2D eigenvalue weighted by atomic mass is 16.5. The van der Waals surface area contributed by atoms with Gasteiger partial charge >= 0.3 is 0 Å². The van der Waals surface area contributed by atoms with E-state index >= 15 is 0 Å². The van der Waals surface area contributed by atoms with Crippen molar-refractivity contribution in [3.8, 4) is 0 Å². The summed E-state index contributed by atoms with van der Waals surface area (Å²) in [7, 11) is 1.79. The second-order valence-corrected chi connectivity index (χ2v) is 5.05. The molecule has 7 nitrogen and oxygen atoms in total. The summed E-state index contributed by atoms with van der Waals surface area (Å²) in [5.41, 5.74) is 1.63. The van der Waals surface area contributed by atoms with Crippen molar-refractivity contribution in [1.29, 1.82) is 5.41 Å². The fraction of sp³-hybridized carbons (Fsp3) is 0.438. The molecule has 0 radical (unpaired) electrons. The number of rotatable bonds is 10. The summed E-state index contributed by atoms with van der Waals surface area (Å²) >= 11 is 0. The van der Waals surface area contributed by atoms with Gasteiger partial charge in [0.25, 0.3) is 0 Å². The van der Waals surface area contributed by atoms with Crippen molar-refractivity contribution in [3.63, 3.8) is 0 Å². The van der Waals surface area contributed by atoms with Gasteiger partial charge in [0.1, 0.15) is 11.7 Å². The second-order valence-electron chi connectivity index (χ2n) is 5.05. The highest BCUT2D eigenvalue weighted by Gasteiger charge is 2.10. The highest BCUT2D eigenvalue weighted by Crippen LogP contribution is 2.13. The molecule has 1 amide bonds. The third-order valence-corrected chi connectivity index (χ3v) is 3.28. The van der Waals surface area contributed by atoms with Gasteiger partial charge in [-0.25, -0.2) is 10.5 Å². The summed E-state index contributed by atoms with van der Waals surface area (Å²) in [5.74, 6) is 0.773. The van der Waals surface area contributed by atoms with E-state index in [-0.39, 0.29) is 5.91 Å². The Morgan fingerprint density at radius 3 is 2.78 bits per heavy atom. The molecular formula is C16H25N5O2. The molecule has 0 bridgehead atoms. The van der Waals surface area contributed by atoms with E-state index in [9.17, 15) is 4.79 Å². The van der Waals surface area contributed by atoms with Crippen LogP contribution < -0.4 is 15.7 Å². The van der Waals surface area contributed by atoms with Crippen LogP contribution in [0.15, 0.2) is 36.7 Å². The van der Waals surface area contributed by atoms with Crippen molar-refractivity contribution in [3.05, 3.63) is 36.7 Å². The second kappa shape index (κ2) is 11.2. The number of nitrogens with zero attached hydrogens (tertiary/aromatic N) is 2. The molecule has 7 heteroatoms. The number of carbonyl (C=O) groups excluding carboxylic acids is 1. The Kier molecular flexibility index (Phi) is 9.07. The molecule has 1 aromatic heterocycles. The minimum absolute atomic E-state index is 0.335. The van der Waals surface area contributed by atoms with Crippen molar-refractivity contribution in [2.24, 2.45) is 0 Å². The molecule has 1 heterocycles. The predicted molar refractivity (Wildman–Crippen MR) is 90.5 cm³/mol. The van der Waals surface area contributed by atoms with Gasteiger partial charge in [-0.3, -0.25) is 15.4 Å². The zero-order valence-electron chi connectivity index (χ0n) is 13.5. The molecule has 0 fully saturated rings. The average Bonchev–Trinajstić information content (AvgIpc) is 2.59. The van der Waals surface area contributed by atoms with Gasteiger partial charge in [0.2, 0.25) is 5.91 Å². The Bertz CT molecular complexity index is 504. The fourth-order valence-corrected chi connectivity index (χ4v) is 2.09. The van der Waals surface area contributed by atoms with Crippen molar-refractivity contribution in [2.45, 2.75) is 32.1 Å². The molecule has 0 saturated carbocycles. The van der Waals surface area contributed by atoms with Crippen LogP contribution in [0.2, 0.25) is 0 Å². The summed E-state index contributed by atoms with van der Waals surface area (Å²) in [4.78, 5) is 17.1. The van der Waals surface area contributed by atoms with Crippen LogP contribution >= 0.6 is 0 Å². The number of hydrogen-bond acceptors (Lipinski definition) is 5. The molecule has 0 saturated heterocycles. The van der Waals surface area contributed by atoms with Gasteiger partial charge in [0.15, 0.2) is 0 Å². The van der Waals surface area contributed by atoms with Crippen LogP contribution in [0.1, 0.15) is 32.1 Å². The molecule has 0 aromatic carbocycles. The van der Waals surface area contributed by atoms with Crippen LogP contribution in [0.3, 0.4) is 0 Å². The lowest BCUT2D eigenvalue weighted by atomic mass is 10.1. The molecule has 0 spiro atoms. The van der Waals surface area contributed by atoms with E-state index in [1.807, 2.05) is 23.1 Å². The zero-order chi connectivity index (χ0) is 16.9. The van der Waals surface area contributed by atoms with Crippen molar-refractivity contribution in [2.75, 3.05) is 18.5 Å². The molecule has 0 atom stereocenters. The summed E-state index contributed by atoms with van der Waals surface area (Å²) in [6.07, 6.45) is 8.95. The largest absolute Gasteiger partial charge is 0.394 e. The standard InChI is InChI=1S/C16H25N5O2/c1-18-12-10-14(17)21(15-8-5-6-11-19-15)13-7-3-2-4-9-16(22)20-23/h5-6,8,10-12,17-18,23H,2-4,7,9,13H2,1H3,(H,20,22)/b12-10-,17-14?. The first kappa shape index (κ1) is 18.6. The average molecular weight is 319 g/mol. The van der Waals surface area contributed by atoms with Crippen LogP contribution in [0.5, 0.6) is 0 Å². The molecule has 0 aliphatic heterocycles. The number of pyridine rings is 1. The van der Waals surface area contributed by atoms with E-state index in [1.165, 1.54) is 0 Å². The third kappa shape index (κ3) is 7.42.